The lowest BCUT2D eigenvalue weighted by Crippen LogP contribution is -2.38. The number of amides is 2. The van der Waals surface area contributed by atoms with Gasteiger partial charge in [-0.2, -0.15) is 0 Å². The lowest BCUT2D eigenvalue weighted by Gasteiger charge is -2.28. The number of anilines is 1. The van der Waals surface area contributed by atoms with Gasteiger partial charge in [-0.15, -0.1) is 0 Å². The number of rotatable bonds is 6. The van der Waals surface area contributed by atoms with Crippen molar-refractivity contribution in [2.75, 3.05) is 5.32 Å². The fourth-order valence-corrected chi connectivity index (χ4v) is 3.65. The number of aryl methyl sites for hydroxylation is 2. The maximum atomic E-state index is 12.7. The zero-order valence-corrected chi connectivity index (χ0v) is 16.0. The molecule has 25 heavy (non-hydrogen) atoms. The van der Waals surface area contributed by atoms with Crippen molar-refractivity contribution < 1.29 is 9.59 Å². The lowest BCUT2D eigenvalue weighted by atomic mass is 9.81. The van der Waals surface area contributed by atoms with Gasteiger partial charge >= 0.3 is 0 Å². The molecule has 4 nitrogen and oxygen atoms in total. The molecule has 0 bridgehead atoms. The van der Waals surface area contributed by atoms with Crippen molar-refractivity contribution in [1.29, 1.82) is 0 Å². The Morgan fingerprint density at radius 2 is 1.44 bits per heavy atom. The fraction of sp³-hybridized carbons (Fsp3) is 0.619. The molecule has 1 saturated carbocycles. The predicted octanol–water partition coefficient (Wildman–Crippen LogP) is 4.08. The summed E-state index contributed by atoms with van der Waals surface area (Å²) in [5.41, 5.74) is 3.38. The Hall–Kier alpha value is -1.84. The van der Waals surface area contributed by atoms with E-state index in [1.165, 1.54) is 11.1 Å². The Balaban J connectivity index is 1.97. The molecule has 0 unspecified atom stereocenters. The van der Waals surface area contributed by atoms with Gasteiger partial charge in [-0.3, -0.25) is 9.59 Å². The molecule has 2 rings (SSSR count). The zero-order chi connectivity index (χ0) is 18.4. The highest BCUT2D eigenvalue weighted by Crippen LogP contribution is 2.31. The molecule has 0 spiro atoms. The largest absolute Gasteiger partial charge is 0.354 e. The van der Waals surface area contributed by atoms with Crippen molar-refractivity contribution >= 4 is 17.5 Å². The van der Waals surface area contributed by atoms with Gasteiger partial charge in [0.1, 0.15) is 0 Å². The normalized spacial score (nSPS) is 20.4. The summed E-state index contributed by atoms with van der Waals surface area (Å²) in [6.07, 6.45) is 4.99. The number of hydrogen-bond donors (Lipinski definition) is 2. The summed E-state index contributed by atoms with van der Waals surface area (Å²) in [7, 11) is 0. The first-order valence-corrected chi connectivity index (χ1v) is 9.68. The number of benzene rings is 1. The Labute approximate surface area is 151 Å². The summed E-state index contributed by atoms with van der Waals surface area (Å²) < 4.78 is 0. The van der Waals surface area contributed by atoms with E-state index in [1.807, 2.05) is 13.8 Å². The van der Waals surface area contributed by atoms with Crippen LogP contribution in [0.3, 0.4) is 0 Å². The lowest BCUT2D eigenvalue weighted by molar-refractivity contribution is -0.128. The van der Waals surface area contributed by atoms with Gasteiger partial charge in [0.05, 0.1) is 0 Å². The molecule has 1 aromatic rings. The van der Waals surface area contributed by atoms with Gasteiger partial charge in [-0.05, 0) is 63.5 Å². The summed E-state index contributed by atoms with van der Waals surface area (Å²) in [6, 6.07) is 6.40. The molecule has 0 radical (unpaired) electrons. The number of para-hydroxylation sites is 1. The molecule has 1 aliphatic rings. The number of carbonyl (C=O) groups is 2. The van der Waals surface area contributed by atoms with Gasteiger partial charge in [0.25, 0.3) is 0 Å². The molecule has 0 aromatic heterocycles. The Kier molecular flexibility index (Phi) is 7.03. The van der Waals surface area contributed by atoms with Crippen LogP contribution in [0, 0.1) is 11.8 Å². The van der Waals surface area contributed by atoms with Crippen LogP contribution >= 0.6 is 0 Å². The highest BCUT2D eigenvalue weighted by molar-refractivity contribution is 5.94. The minimum absolute atomic E-state index is 0.0118. The van der Waals surface area contributed by atoms with Crippen molar-refractivity contribution in [3.05, 3.63) is 29.3 Å². The minimum atomic E-state index is 0.0118. The molecule has 2 amide bonds. The molecule has 1 fully saturated rings. The maximum Gasteiger partial charge on any atom is 0.227 e. The molecule has 1 aliphatic carbocycles. The maximum absolute atomic E-state index is 12.7. The number of hydrogen-bond acceptors (Lipinski definition) is 2. The van der Waals surface area contributed by atoms with Crippen molar-refractivity contribution in [3.63, 3.8) is 0 Å². The Bertz CT molecular complexity index is 580. The molecule has 4 heteroatoms. The summed E-state index contributed by atoms with van der Waals surface area (Å²) in [4.78, 5) is 24.9. The number of carbonyl (C=O) groups excluding carboxylic acids is 2. The van der Waals surface area contributed by atoms with Crippen LogP contribution in [-0.2, 0) is 22.4 Å². The van der Waals surface area contributed by atoms with Crippen LogP contribution in [0.5, 0.6) is 0 Å². The third kappa shape index (κ3) is 5.07. The third-order valence-corrected chi connectivity index (χ3v) is 5.15. The smallest absolute Gasteiger partial charge is 0.227 e. The molecule has 2 N–H and O–H groups in total. The Morgan fingerprint density at radius 3 is 1.88 bits per heavy atom. The van der Waals surface area contributed by atoms with E-state index in [9.17, 15) is 9.59 Å². The average Bonchev–Trinajstić information content (AvgIpc) is 2.61. The standard InChI is InChI=1S/C21H32N2O2/c1-5-15-8-7-9-16(6-2)19(15)23-21(25)18-12-10-17(11-13-18)20(24)22-14(3)4/h7-9,14,17-18H,5-6,10-13H2,1-4H3,(H,22,24)(H,23,25). The van der Waals surface area contributed by atoms with Crippen molar-refractivity contribution in [1.82, 2.24) is 5.32 Å². The summed E-state index contributed by atoms with van der Waals surface area (Å²) >= 11 is 0. The second-order valence-electron chi connectivity index (χ2n) is 7.36. The van der Waals surface area contributed by atoms with Gasteiger partial charge in [0.2, 0.25) is 11.8 Å². The second-order valence-corrected chi connectivity index (χ2v) is 7.36. The molecular weight excluding hydrogens is 312 g/mol. The van der Waals surface area contributed by atoms with E-state index in [2.05, 4.69) is 42.7 Å². The quantitative estimate of drug-likeness (QED) is 0.817. The van der Waals surface area contributed by atoms with E-state index in [0.29, 0.717) is 0 Å². The molecule has 0 saturated heterocycles. The van der Waals surface area contributed by atoms with Crippen LogP contribution in [0.2, 0.25) is 0 Å². The van der Waals surface area contributed by atoms with Crippen molar-refractivity contribution in [2.45, 2.75) is 72.3 Å². The molecular formula is C21H32N2O2. The SMILES string of the molecule is CCc1cccc(CC)c1NC(=O)C1CCC(C(=O)NC(C)C)CC1. The van der Waals surface area contributed by atoms with Crippen molar-refractivity contribution in [2.24, 2.45) is 11.8 Å². The minimum Gasteiger partial charge on any atom is -0.354 e. The van der Waals surface area contributed by atoms with Gasteiger partial charge in [-0.25, -0.2) is 0 Å². The summed E-state index contributed by atoms with van der Waals surface area (Å²) in [5, 5.41) is 6.17. The highest BCUT2D eigenvalue weighted by atomic mass is 16.2. The van der Waals surface area contributed by atoms with Crippen molar-refractivity contribution in [3.8, 4) is 0 Å². The van der Waals surface area contributed by atoms with E-state index in [4.69, 9.17) is 0 Å². The fourth-order valence-electron chi connectivity index (χ4n) is 3.65. The van der Waals surface area contributed by atoms with Crippen LogP contribution < -0.4 is 10.6 Å². The topological polar surface area (TPSA) is 58.2 Å². The molecule has 0 heterocycles. The van der Waals surface area contributed by atoms with Crippen LogP contribution in [0.4, 0.5) is 5.69 Å². The average molecular weight is 344 g/mol. The van der Waals surface area contributed by atoms with Crippen LogP contribution in [0.25, 0.3) is 0 Å². The first-order chi connectivity index (χ1) is 12.0. The van der Waals surface area contributed by atoms with E-state index >= 15 is 0 Å². The highest BCUT2D eigenvalue weighted by Gasteiger charge is 2.30. The Morgan fingerprint density at radius 1 is 0.960 bits per heavy atom. The zero-order valence-electron chi connectivity index (χ0n) is 16.0. The molecule has 1 aromatic carbocycles. The first-order valence-electron chi connectivity index (χ1n) is 9.68. The van der Waals surface area contributed by atoms with Gasteiger partial charge in [-0.1, -0.05) is 32.0 Å². The van der Waals surface area contributed by atoms with E-state index < -0.39 is 0 Å². The summed E-state index contributed by atoms with van der Waals surface area (Å²) in [6.45, 7) is 8.19. The molecule has 0 aliphatic heterocycles. The van der Waals surface area contributed by atoms with E-state index in [-0.39, 0.29) is 29.7 Å². The van der Waals surface area contributed by atoms with Crippen LogP contribution in [0.1, 0.15) is 64.5 Å². The van der Waals surface area contributed by atoms with E-state index in [0.717, 1.165) is 44.2 Å². The monoisotopic (exact) mass is 344 g/mol. The van der Waals surface area contributed by atoms with Crippen LogP contribution in [0.15, 0.2) is 18.2 Å². The number of nitrogens with one attached hydrogen (secondary N) is 2. The summed E-state index contributed by atoms with van der Waals surface area (Å²) in [5.74, 6) is 0.315. The van der Waals surface area contributed by atoms with Gasteiger partial charge < -0.3 is 10.6 Å². The van der Waals surface area contributed by atoms with Crippen LogP contribution in [-0.4, -0.2) is 17.9 Å². The molecule has 138 valence electrons. The predicted molar refractivity (Wildman–Crippen MR) is 103 cm³/mol. The first kappa shape index (κ1) is 19.5. The van der Waals surface area contributed by atoms with E-state index in [1.54, 1.807) is 0 Å². The molecule has 0 atom stereocenters. The van der Waals surface area contributed by atoms with Gasteiger partial charge in [0.15, 0.2) is 0 Å². The van der Waals surface area contributed by atoms with Gasteiger partial charge in [0, 0.05) is 23.6 Å². The third-order valence-electron chi connectivity index (χ3n) is 5.15. The second kappa shape index (κ2) is 9.02.